The Labute approximate surface area is 199 Å². The molecule has 34 heavy (non-hydrogen) atoms. The molecule has 0 aliphatic carbocycles. The van der Waals surface area contributed by atoms with E-state index in [1.165, 1.54) is 0 Å². The lowest BCUT2D eigenvalue weighted by atomic mass is 10.1. The molecule has 8 nitrogen and oxygen atoms in total. The number of H-pyrrole nitrogens is 1. The number of fused-ring (bicyclic) bond motifs is 1. The molecule has 0 atom stereocenters. The minimum atomic E-state index is -0.348. The Balaban J connectivity index is 1.30. The molecule has 5 aromatic rings. The first-order valence-electron chi connectivity index (χ1n) is 10.3. The van der Waals surface area contributed by atoms with Crippen molar-refractivity contribution in [2.24, 2.45) is 0 Å². The predicted octanol–water partition coefficient (Wildman–Crippen LogP) is 5.18. The van der Waals surface area contributed by atoms with Gasteiger partial charge in [0.05, 0.1) is 17.2 Å². The van der Waals surface area contributed by atoms with E-state index in [0.29, 0.717) is 39.1 Å². The number of pyridine rings is 2. The van der Waals surface area contributed by atoms with Gasteiger partial charge in [0.2, 0.25) is 0 Å². The van der Waals surface area contributed by atoms with E-state index in [1.807, 2.05) is 12.1 Å². The fourth-order valence-corrected chi connectivity index (χ4v) is 3.43. The Bertz CT molecular complexity index is 1480. The van der Waals surface area contributed by atoms with E-state index in [9.17, 15) is 9.59 Å². The van der Waals surface area contributed by atoms with Gasteiger partial charge in [-0.15, -0.1) is 0 Å². The van der Waals surface area contributed by atoms with Crippen LogP contribution in [0.1, 0.15) is 20.8 Å². The number of aromatic amines is 1. The quantitative estimate of drug-likeness (QED) is 0.329. The molecule has 0 saturated heterocycles. The van der Waals surface area contributed by atoms with E-state index < -0.39 is 0 Å². The number of nitrogens with zero attached hydrogens (tertiary/aromatic N) is 3. The number of carbonyl (C=O) groups excluding carboxylic acids is 2. The summed E-state index contributed by atoms with van der Waals surface area (Å²) in [5.41, 5.74) is 3.69. The van der Waals surface area contributed by atoms with Gasteiger partial charge in [-0.1, -0.05) is 17.7 Å². The second kappa shape index (κ2) is 9.13. The first-order valence-corrected chi connectivity index (χ1v) is 10.7. The van der Waals surface area contributed by atoms with Gasteiger partial charge in [0, 0.05) is 34.1 Å². The van der Waals surface area contributed by atoms with Gasteiger partial charge in [-0.25, -0.2) is 9.97 Å². The highest BCUT2D eigenvalue weighted by Crippen LogP contribution is 2.23. The highest BCUT2D eigenvalue weighted by atomic mass is 35.5. The molecule has 0 saturated carbocycles. The number of aromatic nitrogens is 4. The molecule has 2 aromatic carbocycles. The Morgan fingerprint density at radius 2 is 1.65 bits per heavy atom. The minimum Gasteiger partial charge on any atom is -0.337 e. The van der Waals surface area contributed by atoms with Crippen molar-refractivity contribution < 1.29 is 9.59 Å². The molecule has 2 amide bonds. The third-order valence-electron chi connectivity index (χ3n) is 5.03. The van der Waals surface area contributed by atoms with Gasteiger partial charge in [-0.05, 0) is 60.7 Å². The second-order valence-electron chi connectivity index (χ2n) is 7.38. The van der Waals surface area contributed by atoms with Crippen LogP contribution in [0.2, 0.25) is 5.02 Å². The first-order chi connectivity index (χ1) is 16.5. The summed E-state index contributed by atoms with van der Waals surface area (Å²) in [6, 6.07) is 20.8. The molecule has 0 aliphatic heterocycles. The summed E-state index contributed by atoms with van der Waals surface area (Å²) in [7, 11) is 0. The average molecular weight is 469 g/mol. The van der Waals surface area contributed by atoms with Crippen LogP contribution in [0.25, 0.3) is 22.4 Å². The minimum absolute atomic E-state index is 0.223. The number of imidazole rings is 1. The van der Waals surface area contributed by atoms with E-state index in [-0.39, 0.29) is 11.8 Å². The van der Waals surface area contributed by atoms with Crippen LogP contribution in [0.5, 0.6) is 0 Å². The molecular formula is C25H17ClN6O2. The Morgan fingerprint density at radius 1 is 0.853 bits per heavy atom. The van der Waals surface area contributed by atoms with Crippen molar-refractivity contribution in [2.75, 3.05) is 10.6 Å². The molecule has 0 radical (unpaired) electrons. The van der Waals surface area contributed by atoms with Crippen molar-refractivity contribution in [1.82, 2.24) is 19.9 Å². The molecule has 0 bridgehead atoms. The summed E-state index contributed by atoms with van der Waals surface area (Å²) >= 11 is 5.87. The molecule has 3 heterocycles. The van der Waals surface area contributed by atoms with Crippen molar-refractivity contribution in [3.63, 3.8) is 0 Å². The number of nitrogens with one attached hydrogen (secondary N) is 3. The highest BCUT2D eigenvalue weighted by molar-refractivity contribution is 6.30. The number of anilines is 2. The molecule has 0 aliphatic rings. The van der Waals surface area contributed by atoms with Gasteiger partial charge in [0.1, 0.15) is 17.3 Å². The summed E-state index contributed by atoms with van der Waals surface area (Å²) in [4.78, 5) is 40.8. The summed E-state index contributed by atoms with van der Waals surface area (Å²) in [5, 5.41) is 6.16. The zero-order valence-electron chi connectivity index (χ0n) is 17.6. The van der Waals surface area contributed by atoms with Gasteiger partial charge in [-0.2, -0.15) is 0 Å². The van der Waals surface area contributed by atoms with Crippen LogP contribution in [-0.2, 0) is 0 Å². The highest BCUT2D eigenvalue weighted by Gasteiger charge is 2.11. The molecule has 0 fully saturated rings. The molecule has 0 unspecified atom stereocenters. The average Bonchev–Trinajstić information content (AvgIpc) is 3.29. The zero-order chi connectivity index (χ0) is 23.5. The lowest BCUT2D eigenvalue weighted by Crippen LogP contribution is -2.14. The summed E-state index contributed by atoms with van der Waals surface area (Å²) in [6.45, 7) is 0. The molecule has 3 aromatic heterocycles. The van der Waals surface area contributed by atoms with Gasteiger partial charge in [-0.3, -0.25) is 14.6 Å². The lowest BCUT2D eigenvalue weighted by molar-refractivity contribution is 0.101. The largest absolute Gasteiger partial charge is 0.337 e. The topological polar surface area (TPSA) is 113 Å². The van der Waals surface area contributed by atoms with E-state index in [0.717, 1.165) is 11.1 Å². The van der Waals surface area contributed by atoms with Crippen LogP contribution in [0.4, 0.5) is 11.5 Å². The number of amides is 2. The van der Waals surface area contributed by atoms with Crippen molar-refractivity contribution in [3.05, 3.63) is 101 Å². The normalized spacial score (nSPS) is 10.7. The third-order valence-corrected chi connectivity index (χ3v) is 5.28. The maximum Gasteiger partial charge on any atom is 0.275 e. The third kappa shape index (κ3) is 4.62. The predicted molar refractivity (Wildman–Crippen MR) is 131 cm³/mol. The van der Waals surface area contributed by atoms with Gasteiger partial charge >= 0.3 is 0 Å². The van der Waals surface area contributed by atoms with Crippen molar-refractivity contribution in [3.8, 4) is 11.4 Å². The molecule has 5 rings (SSSR count). The Morgan fingerprint density at radius 3 is 2.38 bits per heavy atom. The van der Waals surface area contributed by atoms with E-state index in [4.69, 9.17) is 11.6 Å². The summed E-state index contributed by atoms with van der Waals surface area (Å²) in [5.74, 6) is 0.445. The maximum atomic E-state index is 12.4. The molecule has 9 heteroatoms. The number of halogens is 1. The number of hydrogen-bond acceptors (Lipinski definition) is 5. The number of carbonyl (C=O) groups is 2. The van der Waals surface area contributed by atoms with E-state index in [1.54, 1.807) is 73.1 Å². The standard InChI is InChI=1S/C25H17ClN6O2/c26-17-8-4-16(5-9-17)24(33)29-18-10-6-15(7-11-18)23-30-20-13-22(28-14-21(20)31-23)32-25(34)19-3-1-2-12-27-19/h1-14H,(H,29,33)(H,30,31)(H,28,32,34). The van der Waals surface area contributed by atoms with E-state index in [2.05, 4.69) is 30.6 Å². The second-order valence-corrected chi connectivity index (χ2v) is 7.82. The molecule has 166 valence electrons. The Hall–Kier alpha value is -4.56. The number of hydrogen-bond donors (Lipinski definition) is 3. The molecular weight excluding hydrogens is 452 g/mol. The smallest absolute Gasteiger partial charge is 0.275 e. The van der Waals surface area contributed by atoms with Crippen LogP contribution in [-0.4, -0.2) is 31.8 Å². The molecule has 3 N–H and O–H groups in total. The first kappa shape index (κ1) is 21.3. The summed E-state index contributed by atoms with van der Waals surface area (Å²) < 4.78 is 0. The van der Waals surface area contributed by atoms with E-state index >= 15 is 0 Å². The monoisotopic (exact) mass is 468 g/mol. The lowest BCUT2D eigenvalue weighted by Gasteiger charge is -2.06. The van der Waals surface area contributed by atoms with Crippen molar-refractivity contribution in [1.29, 1.82) is 0 Å². The van der Waals surface area contributed by atoms with Crippen molar-refractivity contribution >= 4 is 46.0 Å². The van der Waals surface area contributed by atoms with Crippen LogP contribution in [0, 0.1) is 0 Å². The van der Waals surface area contributed by atoms with Gasteiger partial charge in [0.15, 0.2) is 0 Å². The summed E-state index contributed by atoms with van der Waals surface area (Å²) in [6.07, 6.45) is 3.17. The molecule has 0 spiro atoms. The SMILES string of the molecule is O=C(Nc1ccc(-c2nc3cc(NC(=O)c4ccccn4)ncc3[nH]2)cc1)c1ccc(Cl)cc1. The Kier molecular flexibility index (Phi) is 5.72. The number of benzene rings is 2. The maximum absolute atomic E-state index is 12.4. The van der Waals surface area contributed by atoms with Crippen LogP contribution >= 0.6 is 11.6 Å². The fourth-order valence-electron chi connectivity index (χ4n) is 3.31. The van der Waals surface area contributed by atoms with Crippen LogP contribution in [0.15, 0.2) is 85.2 Å². The number of rotatable bonds is 5. The van der Waals surface area contributed by atoms with Crippen LogP contribution in [0.3, 0.4) is 0 Å². The zero-order valence-corrected chi connectivity index (χ0v) is 18.4. The fraction of sp³-hybridized carbons (Fsp3) is 0. The van der Waals surface area contributed by atoms with Gasteiger partial charge < -0.3 is 15.6 Å². The van der Waals surface area contributed by atoms with Gasteiger partial charge in [0.25, 0.3) is 11.8 Å². The van der Waals surface area contributed by atoms with Crippen LogP contribution < -0.4 is 10.6 Å². The van der Waals surface area contributed by atoms with Crippen molar-refractivity contribution in [2.45, 2.75) is 0 Å².